The van der Waals surface area contributed by atoms with Crippen LogP contribution in [0.15, 0.2) is 24.3 Å². The number of piperazine rings is 1. The number of carbonyl (C=O) groups excluding carboxylic acids is 2. The third kappa shape index (κ3) is 4.42. The van der Waals surface area contributed by atoms with E-state index in [1.54, 1.807) is 24.3 Å². The van der Waals surface area contributed by atoms with Crippen molar-refractivity contribution in [2.24, 2.45) is 0 Å². The summed E-state index contributed by atoms with van der Waals surface area (Å²) < 4.78 is 0. The molecule has 1 aliphatic rings. The first-order valence-corrected chi connectivity index (χ1v) is 7.13. The van der Waals surface area contributed by atoms with E-state index in [1.807, 2.05) is 0 Å². The second-order valence-electron chi connectivity index (χ2n) is 4.83. The Kier molecular flexibility index (Phi) is 5.55. The number of carbonyl (C=O) groups is 2. The van der Waals surface area contributed by atoms with Crippen LogP contribution in [0.4, 0.5) is 0 Å². The number of nitrogens with one attached hydrogen (secondary N) is 2. The summed E-state index contributed by atoms with van der Waals surface area (Å²) in [6.07, 6.45) is -0.874. The van der Waals surface area contributed by atoms with Gasteiger partial charge in [-0.05, 0) is 6.07 Å². The van der Waals surface area contributed by atoms with Gasteiger partial charge in [-0.25, -0.2) is 0 Å². The fraction of sp³-hybridized carbons (Fsp3) is 0.429. The highest BCUT2D eigenvalue weighted by molar-refractivity contribution is 6.31. The third-order valence-electron chi connectivity index (χ3n) is 3.28. The summed E-state index contributed by atoms with van der Waals surface area (Å²) in [4.78, 5) is 24.9. The standard InChI is InChI=1S/C14H18ClN3O3/c15-11-4-2-1-3-10(11)12(19)7-17-13(20)9-18-6-5-16-8-14(18)21/h1-4,12,16,19H,5-9H2,(H,17,20)/t12-/m1/s1. The molecule has 1 heterocycles. The van der Waals surface area contributed by atoms with Crippen molar-refractivity contribution < 1.29 is 14.7 Å². The molecule has 21 heavy (non-hydrogen) atoms. The van der Waals surface area contributed by atoms with Crippen LogP contribution in [0, 0.1) is 0 Å². The Morgan fingerprint density at radius 2 is 2.24 bits per heavy atom. The number of aliphatic hydroxyl groups is 1. The fourth-order valence-corrected chi connectivity index (χ4v) is 2.37. The van der Waals surface area contributed by atoms with Gasteiger partial charge in [0, 0.05) is 30.2 Å². The lowest BCUT2D eigenvalue weighted by Gasteiger charge is -2.26. The van der Waals surface area contributed by atoms with E-state index < -0.39 is 6.10 Å². The van der Waals surface area contributed by atoms with Crippen molar-refractivity contribution >= 4 is 23.4 Å². The summed E-state index contributed by atoms with van der Waals surface area (Å²) in [7, 11) is 0. The second-order valence-corrected chi connectivity index (χ2v) is 5.24. The van der Waals surface area contributed by atoms with Crippen LogP contribution in [0.1, 0.15) is 11.7 Å². The van der Waals surface area contributed by atoms with E-state index in [9.17, 15) is 14.7 Å². The van der Waals surface area contributed by atoms with Crippen LogP contribution in [0.2, 0.25) is 5.02 Å². The quantitative estimate of drug-likeness (QED) is 0.710. The summed E-state index contributed by atoms with van der Waals surface area (Å²) in [6.45, 7) is 1.52. The van der Waals surface area contributed by atoms with Gasteiger partial charge < -0.3 is 20.6 Å². The molecule has 0 radical (unpaired) electrons. The van der Waals surface area contributed by atoms with Gasteiger partial charge in [0.25, 0.3) is 0 Å². The first kappa shape index (κ1) is 15.8. The molecule has 0 spiro atoms. The lowest BCUT2D eigenvalue weighted by Crippen LogP contribution is -2.51. The number of benzene rings is 1. The van der Waals surface area contributed by atoms with Gasteiger partial charge in [-0.15, -0.1) is 0 Å². The van der Waals surface area contributed by atoms with Crippen LogP contribution < -0.4 is 10.6 Å². The molecule has 0 bridgehead atoms. The van der Waals surface area contributed by atoms with Gasteiger partial charge in [0.2, 0.25) is 11.8 Å². The molecule has 1 aromatic rings. The van der Waals surface area contributed by atoms with Crippen LogP contribution in [0.25, 0.3) is 0 Å². The minimum absolute atomic E-state index is 0.00968. The molecule has 1 aliphatic heterocycles. The molecule has 3 N–H and O–H groups in total. The lowest BCUT2D eigenvalue weighted by molar-refractivity contribution is -0.136. The zero-order chi connectivity index (χ0) is 15.2. The molecule has 1 fully saturated rings. The maximum atomic E-state index is 11.8. The molecule has 114 valence electrons. The zero-order valence-corrected chi connectivity index (χ0v) is 12.3. The maximum Gasteiger partial charge on any atom is 0.239 e. The number of halogens is 1. The number of amides is 2. The van der Waals surface area contributed by atoms with E-state index >= 15 is 0 Å². The van der Waals surface area contributed by atoms with Gasteiger partial charge >= 0.3 is 0 Å². The second kappa shape index (κ2) is 7.40. The number of hydrogen-bond donors (Lipinski definition) is 3. The predicted molar refractivity (Wildman–Crippen MR) is 78.9 cm³/mol. The van der Waals surface area contributed by atoms with E-state index in [0.717, 1.165) is 0 Å². The number of rotatable bonds is 5. The van der Waals surface area contributed by atoms with Crippen molar-refractivity contribution in [1.82, 2.24) is 15.5 Å². The zero-order valence-electron chi connectivity index (χ0n) is 11.5. The lowest BCUT2D eigenvalue weighted by atomic mass is 10.1. The maximum absolute atomic E-state index is 11.8. The van der Waals surface area contributed by atoms with E-state index in [1.165, 1.54) is 4.90 Å². The molecule has 7 heteroatoms. The highest BCUT2D eigenvalue weighted by Crippen LogP contribution is 2.21. The predicted octanol–water partition coefficient (Wildman–Crippen LogP) is -0.0786. The molecule has 0 aliphatic carbocycles. The normalized spacial score (nSPS) is 16.7. The summed E-state index contributed by atoms with van der Waals surface area (Å²) in [5.74, 6) is -0.389. The average molecular weight is 312 g/mol. The molecule has 2 amide bonds. The van der Waals surface area contributed by atoms with Gasteiger partial charge in [-0.1, -0.05) is 29.8 Å². The average Bonchev–Trinajstić information content (AvgIpc) is 2.48. The van der Waals surface area contributed by atoms with Gasteiger partial charge in [-0.3, -0.25) is 9.59 Å². The van der Waals surface area contributed by atoms with Crippen molar-refractivity contribution in [1.29, 1.82) is 0 Å². The Bertz CT molecular complexity index is 524. The largest absolute Gasteiger partial charge is 0.387 e. The van der Waals surface area contributed by atoms with Crippen molar-refractivity contribution in [2.75, 3.05) is 32.7 Å². The molecule has 0 unspecified atom stereocenters. The van der Waals surface area contributed by atoms with Crippen molar-refractivity contribution in [3.8, 4) is 0 Å². The molecular weight excluding hydrogens is 294 g/mol. The Morgan fingerprint density at radius 3 is 2.95 bits per heavy atom. The topological polar surface area (TPSA) is 81.7 Å². The summed E-state index contributed by atoms with van der Waals surface area (Å²) in [5.41, 5.74) is 0.567. The molecule has 2 rings (SSSR count). The van der Waals surface area contributed by atoms with Crippen LogP contribution in [-0.2, 0) is 9.59 Å². The first-order chi connectivity index (χ1) is 10.1. The summed E-state index contributed by atoms with van der Waals surface area (Å²) in [5, 5.41) is 16.0. The molecule has 0 saturated carbocycles. The Hall–Kier alpha value is -1.63. The van der Waals surface area contributed by atoms with Crippen LogP contribution in [-0.4, -0.2) is 54.5 Å². The number of nitrogens with zero attached hydrogens (tertiary/aromatic N) is 1. The van der Waals surface area contributed by atoms with Crippen molar-refractivity contribution in [3.05, 3.63) is 34.9 Å². The third-order valence-corrected chi connectivity index (χ3v) is 3.62. The van der Waals surface area contributed by atoms with Crippen molar-refractivity contribution in [2.45, 2.75) is 6.10 Å². The van der Waals surface area contributed by atoms with E-state index in [4.69, 9.17) is 11.6 Å². The number of aliphatic hydroxyl groups excluding tert-OH is 1. The molecule has 1 atom stereocenters. The molecule has 0 aromatic heterocycles. The summed E-state index contributed by atoms with van der Waals surface area (Å²) >= 11 is 5.98. The molecule has 6 nitrogen and oxygen atoms in total. The van der Waals surface area contributed by atoms with Gasteiger partial charge in [0.15, 0.2) is 0 Å². The highest BCUT2D eigenvalue weighted by Gasteiger charge is 2.20. The van der Waals surface area contributed by atoms with Crippen LogP contribution in [0.3, 0.4) is 0 Å². The SMILES string of the molecule is O=C(CN1CCNCC1=O)NC[C@@H](O)c1ccccc1Cl. The van der Waals surface area contributed by atoms with E-state index in [-0.39, 0.29) is 31.4 Å². The Morgan fingerprint density at radius 1 is 1.48 bits per heavy atom. The monoisotopic (exact) mass is 311 g/mol. The van der Waals surface area contributed by atoms with Crippen LogP contribution >= 0.6 is 11.6 Å². The van der Waals surface area contributed by atoms with E-state index in [0.29, 0.717) is 23.7 Å². The smallest absolute Gasteiger partial charge is 0.239 e. The summed E-state index contributed by atoms with van der Waals surface area (Å²) in [6, 6.07) is 6.93. The highest BCUT2D eigenvalue weighted by atomic mass is 35.5. The van der Waals surface area contributed by atoms with Gasteiger partial charge in [0.05, 0.1) is 19.2 Å². The van der Waals surface area contributed by atoms with Crippen molar-refractivity contribution in [3.63, 3.8) is 0 Å². The van der Waals surface area contributed by atoms with Gasteiger partial charge in [0.1, 0.15) is 0 Å². The van der Waals surface area contributed by atoms with E-state index in [2.05, 4.69) is 10.6 Å². The Balaban J connectivity index is 1.81. The molecule has 1 aromatic carbocycles. The fourth-order valence-electron chi connectivity index (χ4n) is 2.11. The van der Waals surface area contributed by atoms with Gasteiger partial charge in [-0.2, -0.15) is 0 Å². The first-order valence-electron chi connectivity index (χ1n) is 6.75. The Labute approximate surface area is 128 Å². The van der Waals surface area contributed by atoms with Crippen LogP contribution in [0.5, 0.6) is 0 Å². The molecular formula is C14H18ClN3O3. The minimum atomic E-state index is -0.874. The minimum Gasteiger partial charge on any atom is -0.387 e. The molecule has 1 saturated heterocycles. The number of hydrogen-bond acceptors (Lipinski definition) is 4.